The summed E-state index contributed by atoms with van der Waals surface area (Å²) in [6, 6.07) is 11.6. The van der Waals surface area contributed by atoms with Gasteiger partial charge in [-0.1, -0.05) is 24.3 Å². The average molecular weight is 494 g/mol. The van der Waals surface area contributed by atoms with E-state index in [-0.39, 0.29) is 28.4 Å². The summed E-state index contributed by atoms with van der Waals surface area (Å²) in [7, 11) is -2.77. The van der Waals surface area contributed by atoms with Crippen LogP contribution in [0.4, 0.5) is 18.9 Å². The SMILES string of the molecule is CCOc1ccncc1NS(=O)(=O)c1ccccc1C(=O)N(C)Cc1ccc(C(F)(F)F)cc1. The Morgan fingerprint density at radius 1 is 1.09 bits per heavy atom. The maximum Gasteiger partial charge on any atom is 0.416 e. The van der Waals surface area contributed by atoms with Crippen molar-refractivity contribution in [2.45, 2.75) is 24.5 Å². The van der Waals surface area contributed by atoms with Gasteiger partial charge in [-0.25, -0.2) is 8.42 Å². The highest BCUT2D eigenvalue weighted by molar-refractivity contribution is 7.92. The van der Waals surface area contributed by atoms with Crippen LogP contribution in [0.2, 0.25) is 0 Å². The minimum absolute atomic E-state index is 0.0180. The molecule has 3 aromatic rings. The number of rotatable bonds is 8. The number of benzene rings is 2. The highest BCUT2D eigenvalue weighted by Crippen LogP contribution is 2.30. The number of ether oxygens (including phenoxy) is 1. The summed E-state index contributed by atoms with van der Waals surface area (Å²) in [5.41, 5.74) is -0.315. The summed E-state index contributed by atoms with van der Waals surface area (Å²) in [6.45, 7) is 2.04. The van der Waals surface area contributed by atoms with Gasteiger partial charge >= 0.3 is 6.18 Å². The summed E-state index contributed by atoms with van der Waals surface area (Å²) in [5.74, 6) is -0.332. The summed E-state index contributed by atoms with van der Waals surface area (Å²) < 4.78 is 72.4. The predicted octanol–water partition coefficient (Wildman–Crippen LogP) is 4.57. The number of pyridine rings is 1. The third kappa shape index (κ3) is 5.84. The molecule has 11 heteroatoms. The second-order valence-corrected chi connectivity index (χ2v) is 8.91. The van der Waals surface area contributed by atoms with E-state index in [1.54, 1.807) is 6.92 Å². The molecule has 0 unspecified atom stereocenters. The molecule has 34 heavy (non-hydrogen) atoms. The Morgan fingerprint density at radius 2 is 1.76 bits per heavy atom. The van der Waals surface area contributed by atoms with E-state index < -0.39 is 27.7 Å². The van der Waals surface area contributed by atoms with E-state index in [9.17, 15) is 26.4 Å². The zero-order valence-corrected chi connectivity index (χ0v) is 19.2. The van der Waals surface area contributed by atoms with Gasteiger partial charge in [0.05, 0.1) is 23.9 Å². The minimum atomic E-state index is -4.46. The molecule has 1 N–H and O–H groups in total. The summed E-state index contributed by atoms with van der Waals surface area (Å²) in [5, 5.41) is 0. The molecular weight excluding hydrogens is 471 g/mol. The second-order valence-electron chi connectivity index (χ2n) is 7.26. The first-order valence-corrected chi connectivity index (χ1v) is 11.6. The molecule has 0 radical (unpaired) electrons. The van der Waals surface area contributed by atoms with Crippen LogP contribution in [-0.2, 0) is 22.7 Å². The van der Waals surface area contributed by atoms with Crippen molar-refractivity contribution in [1.82, 2.24) is 9.88 Å². The third-order valence-electron chi connectivity index (χ3n) is 4.78. The van der Waals surface area contributed by atoms with Crippen LogP contribution in [-0.4, -0.2) is 37.9 Å². The number of hydrogen-bond acceptors (Lipinski definition) is 5. The van der Waals surface area contributed by atoms with Gasteiger partial charge < -0.3 is 9.64 Å². The van der Waals surface area contributed by atoms with Gasteiger partial charge in [-0.3, -0.25) is 14.5 Å². The molecule has 0 atom stereocenters. The molecule has 0 aliphatic heterocycles. The van der Waals surface area contributed by atoms with Crippen molar-refractivity contribution >= 4 is 21.6 Å². The molecule has 0 bridgehead atoms. The first-order valence-electron chi connectivity index (χ1n) is 10.1. The number of carbonyl (C=O) groups excluding carboxylic acids is 1. The van der Waals surface area contributed by atoms with Crippen molar-refractivity contribution in [2.75, 3.05) is 18.4 Å². The zero-order chi connectivity index (χ0) is 24.9. The smallest absolute Gasteiger partial charge is 0.416 e. The normalized spacial score (nSPS) is 11.7. The van der Waals surface area contributed by atoms with Crippen LogP contribution in [0.5, 0.6) is 5.75 Å². The third-order valence-corrected chi connectivity index (χ3v) is 6.20. The van der Waals surface area contributed by atoms with Gasteiger partial charge in [-0.2, -0.15) is 13.2 Å². The highest BCUT2D eigenvalue weighted by Gasteiger charge is 2.30. The Hall–Kier alpha value is -3.60. The molecule has 1 amide bonds. The highest BCUT2D eigenvalue weighted by atomic mass is 32.2. The Morgan fingerprint density at radius 3 is 2.41 bits per heavy atom. The summed E-state index contributed by atoms with van der Waals surface area (Å²) >= 11 is 0. The van der Waals surface area contributed by atoms with Gasteiger partial charge in [-0.15, -0.1) is 0 Å². The Labute approximate surface area is 195 Å². The van der Waals surface area contributed by atoms with Crippen LogP contribution in [0.25, 0.3) is 0 Å². The molecule has 0 saturated heterocycles. The molecule has 0 fully saturated rings. The Balaban J connectivity index is 1.84. The van der Waals surface area contributed by atoms with E-state index >= 15 is 0 Å². The van der Waals surface area contributed by atoms with Gasteiger partial charge in [0.2, 0.25) is 0 Å². The standard InChI is InChI=1S/C23H22F3N3O4S/c1-3-33-20-12-13-27-14-19(20)28-34(31,32)21-7-5-4-6-18(21)22(30)29(2)15-16-8-10-17(11-9-16)23(24,25)26/h4-14,28H,3,15H2,1-2H3. The van der Waals surface area contributed by atoms with Crippen LogP contribution in [0.15, 0.2) is 71.9 Å². The second kappa shape index (κ2) is 10.1. The molecule has 0 aliphatic rings. The van der Waals surface area contributed by atoms with Gasteiger partial charge in [0.25, 0.3) is 15.9 Å². The van der Waals surface area contributed by atoms with E-state index in [1.165, 1.54) is 66.8 Å². The summed E-state index contributed by atoms with van der Waals surface area (Å²) in [4.78, 5) is 18.0. The minimum Gasteiger partial charge on any atom is -0.492 e. The quantitative estimate of drug-likeness (QED) is 0.497. The monoisotopic (exact) mass is 493 g/mol. The average Bonchev–Trinajstić information content (AvgIpc) is 2.79. The van der Waals surface area contributed by atoms with Crippen molar-refractivity contribution in [2.24, 2.45) is 0 Å². The van der Waals surface area contributed by atoms with Crippen molar-refractivity contribution in [3.8, 4) is 5.75 Å². The number of nitrogens with zero attached hydrogens (tertiary/aromatic N) is 2. The lowest BCUT2D eigenvalue weighted by atomic mass is 10.1. The van der Waals surface area contributed by atoms with Gasteiger partial charge in [0.1, 0.15) is 16.3 Å². The van der Waals surface area contributed by atoms with E-state index in [0.29, 0.717) is 12.2 Å². The molecule has 1 aromatic heterocycles. The number of alkyl halides is 3. The maximum absolute atomic E-state index is 13.1. The number of aromatic nitrogens is 1. The van der Waals surface area contributed by atoms with Crippen molar-refractivity contribution in [3.63, 3.8) is 0 Å². The molecule has 180 valence electrons. The number of nitrogens with one attached hydrogen (secondary N) is 1. The van der Waals surface area contributed by atoms with E-state index in [4.69, 9.17) is 4.74 Å². The maximum atomic E-state index is 13.1. The molecule has 0 aliphatic carbocycles. The van der Waals surface area contributed by atoms with Crippen LogP contribution in [0.3, 0.4) is 0 Å². The lowest BCUT2D eigenvalue weighted by Gasteiger charge is -2.20. The predicted molar refractivity (Wildman–Crippen MR) is 120 cm³/mol. The lowest BCUT2D eigenvalue weighted by Crippen LogP contribution is -2.28. The van der Waals surface area contributed by atoms with E-state index in [1.807, 2.05) is 0 Å². The van der Waals surface area contributed by atoms with Crippen molar-refractivity contribution in [3.05, 3.63) is 83.7 Å². The van der Waals surface area contributed by atoms with Crippen molar-refractivity contribution in [1.29, 1.82) is 0 Å². The van der Waals surface area contributed by atoms with Gasteiger partial charge in [-0.05, 0) is 36.8 Å². The number of amides is 1. The zero-order valence-electron chi connectivity index (χ0n) is 18.3. The fourth-order valence-corrected chi connectivity index (χ4v) is 4.42. The topological polar surface area (TPSA) is 88.6 Å². The molecule has 3 rings (SSSR count). The summed E-state index contributed by atoms with van der Waals surface area (Å²) in [6.07, 6.45) is -1.71. The fourth-order valence-electron chi connectivity index (χ4n) is 3.17. The first-order chi connectivity index (χ1) is 16.0. The van der Waals surface area contributed by atoms with E-state index in [2.05, 4.69) is 9.71 Å². The van der Waals surface area contributed by atoms with Crippen LogP contribution < -0.4 is 9.46 Å². The molecule has 1 heterocycles. The van der Waals surface area contributed by atoms with Crippen molar-refractivity contribution < 1.29 is 31.1 Å². The fraction of sp³-hybridized carbons (Fsp3) is 0.217. The largest absolute Gasteiger partial charge is 0.492 e. The molecule has 0 saturated carbocycles. The molecular formula is C23H22F3N3O4S. The number of carbonyl (C=O) groups is 1. The first kappa shape index (κ1) is 25.0. The van der Waals surface area contributed by atoms with Crippen LogP contribution >= 0.6 is 0 Å². The molecule has 7 nitrogen and oxygen atoms in total. The number of anilines is 1. The number of hydrogen-bond donors (Lipinski definition) is 1. The number of halogens is 3. The van der Waals surface area contributed by atoms with Gasteiger partial charge in [0, 0.05) is 25.9 Å². The van der Waals surface area contributed by atoms with E-state index in [0.717, 1.165) is 12.1 Å². The molecule has 0 spiro atoms. The van der Waals surface area contributed by atoms with Crippen LogP contribution in [0.1, 0.15) is 28.4 Å². The van der Waals surface area contributed by atoms with Gasteiger partial charge in [0.15, 0.2) is 0 Å². The molecule has 2 aromatic carbocycles. The lowest BCUT2D eigenvalue weighted by molar-refractivity contribution is -0.137. The Kier molecular flexibility index (Phi) is 7.45. The van der Waals surface area contributed by atoms with Crippen LogP contribution in [0, 0.1) is 0 Å². The number of sulfonamides is 1. The Bertz CT molecular complexity index is 1260.